The predicted molar refractivity (Wildman–Crippen MR) is 254 cm³/mol. The van der Waals surface area contributed by atoms with Gasteiger partial charge in [0.2, 0.25) is 0 Å². The molecule has 7 aliphatic rings. The Bertz CT molecular complexity index is 1890. The van der Waals surface area contributed by atoms with Crippen molar-refractivity contribution >= 4 is 12.6 Å². The molecule has 0 saturated carbocycles. The van der Waals surface area contributed by atoms with Crippen LogP contribution in [0.15, 0.2) is 0 Å². The number of aliphatic hydroxyl groups excluding tert-OH is 22. The molecule has 0 aromatic heterocycles. The lowest BCUT2D eigenvalue weighted by molar-refractivity contribution is -0.399. The van der Waals surface area contributed by atoms with Crippen LogP contribution < -0.4 is 0 Å². The van der Waals surface area contributed by atoms with E-state index >= 15 is 0 Å². The van der Waals surface area contributed by atoms with Crippen LogP contribution in [0, 0.1) is 0 Å². The van der Waals surface area contributed by atoms with Crippen molar-refractivity contribution in [1.29, 1.82) is 0 Å². The number of hydrogen-bond donors (Lipinski definition) is 23. The van der Waals surface area contributed by atoms with Gasteiger partial charge in [-0.25, -0.2) is 0 Å². The van der Waals surface area contributed by atoms with E-state index in [9.17, 15) is 112 Å². The summed E-state index contributed by atoms with van der Waals surface area (Å²) < 4.78 is 80.8. The molecule has 7 aliphatic heterocycles. The maximum atomic E-state index is 11.8. The Labute approximate surface area is 470 Å². The predicted octanol–water partition coefficient (Wildman–Crippen LogP) is -14.9. The molecular formula is C45H78O36S. The lowest BCUT2D eigenvalue weighted by Gasteiger charge is -2.50. The maximum absolute atomic E-state index is 11.8. The molecule has 0 radical (unpaired) electrons. The lowest BCUT2D eigenvalue weighted by Crippen LogP contribution is -2.68. The summed E-state index contributed by atoms with van der Waals surface area (Å²) in [4.78, 5) is 0. The first-order valence-electron chi connectivity index (χ1n) is 26.2. The molecule has 0 bridgehead atoms. The average Bonchev–Trinajstić information content (AvgIpc) is 3.09. The molecule has 0 amide bonds. The van der Waals surface area contributed by atoms with Crippen molar-refractivity contribution in [2.24, 2.45) is 0 Å². The minimum Gasteiger partial charge on any atom is -0.394 e. The topological polar surface area (TPSA) is 574 Å². The highest BCUT2D eigenvalue weighted by Gasteiger charge is 2.58. The molecule has 22 N–H and O–H groups in total. The zero-order chi connectivity index (χ0) is 60.2. The van der Waals surface area contributed by atoms with E-state index in [1.165, 1.54) is 0 Å². The first kappa shape index (κ1) is 68.4. The molecule has 7 heterocycles. The molecule has 0 aromatic carbocycles. The fourth-order valence-electron chi connectivity index (χ4n) is 10.3. The molecule has 0 aromatic rings. The Hall–Kier alpha value is -1.09. The number of ether oxygens (including phenoxy) is 14. The van der Waals surface area contributed by atoms with Crippen molar-refractivity contribution in [1.82, 2.24) is 0 Å². The molecule has 36 nitrogen and oxygen atoms in total. The van der Waals surface area contributed by atoms with E-state index in [0.29, 0.717) is 0 Å². The third kappa shape index (κ3) is 14.6. The molecule has 7 saturated heterocycles. The lowest BCUT2D eigenvalue weighted by atomic mass is 9.95. The van der Waals surface area contributed by atoms with Gasteiger partial charge in [0.1, 0.15) is 171 Å². The van der Waals surface area contributed by atoms with Crippen molar-refractivity contribution in [3.63, 3.8) is 0 Å². The van der Waals surface area contributed by atoms with E-state index in [1.54, 1.807) is 0 Å². The summed E-state index contributed by atoms with van der Waals surface area (Å²) >= 11 is 4.16. The summed E-state index contributed by atoms with van der Waals surface area (Å²) in [5.41, 5.74) is 0. The molecule has 35 atom stereocenters. The van der Waals surface area contributed by atoms with Crippen molar-refractivity contribution in [2.45, 2.75) is 221 Å². The van der Waals surface area contributed by atoms with Crippen LogP contribution >= 0.6 is 12.6 Å². The second-order valence-electron chi connectivity index (χ2n) is 20.5. The highest BCUT2D eigenvalue weighted by atomic mass is 32.1. The van der Waals surface area contributed by atoms with Crippen LogP contribution in [0.1, 0.15) is 6.42 Å². The van der Waals surface area contributed by atoms with Crippen LogP contribution in [0.2, 0.25) is 0 Å². The maximum Gasteiger partial charge on any atom is 0.187 e. The highest BCUT2D eigenvalue weighted by Crippen LogP contribution is 2.38. The summed E-state index contributed by atoms with van der Waals surface area (Å²) in [6, 6.07) is 0. The standard InChI is InChI=1S/C45H78O36S/c46-4-11-18(52)22(56)28(62)40(70-11)77-34-15(8-50)74-43(31(65)26(34)60)78-35-16(9-51)75-44(32(66)27(35)61)81-38-25(59)21(55)14(7-49)73-45(38)69-10-17-36(79-41-29(63)23(57)19(53)12(5-47)71-41)37(33(67)39(76-17)68-2-1-3-82)80-42-30(64)24(58)20(54)13(6-48)72-42/h11-67,82H,1-10H2/t11?,12?,13?,14?,15?,16?,17?,18-,19+,20+,21+,22-,23-,24-,25?,26+,27+,28?,29?,30?,31?,32?,33?,34-,35+,36+,37+,38-,39-,40+,41-,42-,43-,44+,45+/m0/s1. The first-order chi connectivity index (χ1) is 39.0. The Balaban J connectivity index is 1.11. The summed E-state index contributed by atoms with van der Waals surface area (Å²) in [7, 11) is 0. The largest absolute Gasteiger partial charge is 0.394 e. The SMILES string of the molecule is OCC1O[C@@H](OCC2O[C@H](OCCCS)C(O)[C@@H](O[C@@H]3OC(CO)[C@@H](O)[C@H](O)C3O)[C@@H]2O[C@@H]2OC(CO)[C@@H](O)[C@H](O)C2O)[C@@H](O[C@H]2OC(CO)[C@@H](O[C@@H]3OC(CO)[C@H](O[C@H]4OC(CO)[C@H](O)[C@H](O)C4O)[C@H](O)C3O)[C@H](O)C2O)C(O)[C@@H]1O. The number of aliphatic hydroxyl groups is 22. The van der Waals surface area contributed by atoms with Crippen molar-refractivity contribution in [2.75, 3.05) is 58.6 Å². The van der Waals surface area contributed by atoms with Crippen LogP contribution in [0.25, 0.3) is 0 Å². The number of hydrogen-bond acceptors (Lipinski definition) is 37. The molecule has 37 heteroatoms. The van der Waals surface area contributed by atoms with Crippen LogP contribution in [0.3, 0.4) is 0 Å². The second kappa shape index (κ2) is 30.4. The van der Waals surface area contributed by atoms with E-state index in [1.807, 2.05) is 0 Å². The third-order valence-corrected chi connectivity index (χ3v) is 15.4. The zero-order valence-electron chi connectivity index (χ0n) is 43.3. The molecule has 14 unspecified atom stereocenters. The van der Waals surface area contributed by atoms with Gasteiger partial charge in [-0.15, -0.1) is 0 Å². The second-order valence-corrected chi connectivity index (χ2v) is 21.0. The summed E-state index contributed by atoms with van der Waals surface area (Å²) in [6.07, 6.45) is -67.7. The van der Waals surface area contributed by atoms with Crippen LogP contribution in [-0.2, 0) is 66.3 Å². The molecular weight excluding hydrogens is 1150 g/mol. The molecule has 0 aliphatic carbocycles. The van der Waals surface area contributed by atoms with Gasteiger partial charge >= 0.3 is 0 Å². The van der Waals surface area contributed by atoms with E-state index in [-0.39, 0.29) is 18.8 Å². The van der Waals surface area contributed by atoms with Crippen molar-refractivity contribution < 1.29 is 179 Å². The average molecular weight is 1230 g/mol. The minimum atomic E-state index is -2.29. The Morgan fingerprint density at radius 3 is 0.927 bits per heavy atom. The highest BCUT2D eigenvalue weighted by molar-refractivity contribution is 7.80. The zero-order valence-corrected chi connectivity index (χ0v) is 44.2. The van der Waals surface area contributed by atoms with E-state index in [0.717, 1.165) is 0 Å². The van der Waals surface area contributed by atoms with Gasteiger partial charge in [-0.3, -0.25) is 0 Å². The summed E-state index contributed by atoms with van der Waals surface area (Å²) in [5, 5.41) is 235. The fraction of sp³-hybridized carbons (Fsp3) is 1.00. The molecule has 0 spiro atoms. The number of thiol groups is 1. The molecule has 7 fully saturated rings. The Morgan fingerprint density at radius 2 is 0.549 bits per heavy atom. The van der Waals surface area contributed by atoms with E-state index < -0.39 is 261 Å². The molecule has 480 valence electrons. The van der Waals surface area contributed by atoms with Crippen LogP contribution in [-0.4, -0.2) is 386 Å². The third-order valence-electron chi connectivity index (χ3n) is 15.1. The Morgan fingerprint density at radius 1 is 0.256 bits per heavy atom. The summed E-state index contributed by atoms with van der Waals surface area (Å²) in [5.74, 6) is 0.260. The fourth-order valence-corrected chi connectivity index (χ4v) is 10.4. The smallest absolute Gasteiger partial charge is 0.187 e. The van der Waals surface area contributed by atoms with Crippen LogP contribution in [0.4, 0.5) is 0 Å². The molecule has 7 rings (SSSR count). The first-order valence-corrected chi connectivity index (χ1v) is 26.9. The van der Waals surface area contributed by atoms with E-state index in [4.69, 9.17) is 66.3 Å². The minimum absolute atomic E-state index is 0.159. The van der Waals surface area contributed by atoms with Gasteiger partial charge in [-0.05, 0) is 12.2 Å². The van der Waals surface area contributed by atoms with Gasteiger partial charge in [0.05, 0.1) is 52.9 Å². The van der Waals surface area contributed by atoms with Crippen LogP contribution in [0.5, 0.6) is 0 Å². The Kier molecular flexibility index (Phi) is 25.4. The van der Waals surface area contributed by atoms with Gasteiger partial charge in [0.15, 0.2) is 44.0 Å². The van der Waals surface area contributed by atoms with Gasteiger partial charge in [-0.1, -0.05) is 0 Å². The van der Waals surface area contributed by atoms with Gasteiger partial charge in [0, 0.05) is 0 Å². The van der Waals surface area contributed by atoms with Gasteiger partial charge in [0.25, 0.3) is 0 Å². The van der Waals surface area contributed by atoms with E-state index in [2.05, 4.69) is 12.6 Å². The normalized spacial score (nSPS) is 51.5. The quantitative estimate of drug-likeness (QED) is 0.0334. The summed E-state index contributed by atoms with van der Waals surface area (Å²) in [6.45, 7) is -6.91. The van der Waals surface area contributed by atoms with Gasteiger partial charge in [-0.2, -0.15) is 12.6 Å². The van der Waals surface area contributed by atoms with Crippen molar-refractivity contribution in [3.05, 3.63) is 0 Å². The van der Waals surface area contributed by atoms with Crippen molar-refractivity contribution in [3.8, 4) is 0 Å². The molecule has 82 heavy (non-hydrogen) atoms. The monoisotopic (exact) mass is 1230 g/mol. The van der Waals surface area contributed by atoms with Gasteiger partial charge < -0.3 is 179 Å². The number of rotatable bonds is 23.